The molecule has 0 unspecified atom stereocenters. The lowest BCUT2D eigenvalue weighted by Gasteiger charge is -2.32. The minimum Gasteiger partial charge on any atom is -0.361 e. The first-order chi connectivity index (χ1) is 15.1. The van der Waals surface area contributed by atoms with Crippen molar-refractivity contribution in [2.45, 2.75) is 66.5 Å². The Morgan fingerprint density at radius 2 is 1.84 bits per heavy atom. The van der Waals surface area contributed by atoms with Crippen LogP contribution in [0.1, 0.15) is 61.8 Å². The molecule has 1 saturated heterocycles. The minimum atomic E-state index is 0.611. The maximum absolute atomic E-state index is 5.48. The standard InChI is InChI=1S/C25H39N5O/c1-5-23-22(24(6-2)31-29-23)17-28-25(26-7-3)27-16-20-12-14-30(15-13-20)18-21-10-8-19(4)9-11-21/h8-11,20H,5-7,12-18H2,1-4H3,(H2,26,27,28). The molecule has 1 aromatic heterocycles. The van der Waals surface area contributed by atoms with E-state index in [-0.39, 0.29) is 0 Å². The summed E-state index contributed by atoms with van der Waals surface area (Å²) in [6, 6.07) is 8.93. The largest absolute Gasteiger partial charge is 0.361 e. The van der Waals surface area contributed by atoms with Crippen molar-refractivity contribution in [2.24, 2.45) is 10.9 Å². The number of aromatic nitrogens is 1. The highest BCUT2D eigenvalue weighted by Crippen LogP contribution is 2.19. The second-order valence-corrected chi connectivity index (χ2v) is 8.52. The van der Waals surface area contributed by atoms with Crippen LogP contribution in [0.2, 0.25) is 0 Å². The fraction of sp³-hybridized carbons (Fsp3) is 0.600. The Hall–Kier alpha value is -2.34. The summed E-state index contributed by atoms with van der Waals surface area (Å²) >= 11 is 0. The second kappa shape index (κ2) is 11.9. The molecular weight excluding hydrogens is 386 g/mol. The van der Waals surface area contributed by atoms with E-state index in [1.807, 2.05) is 0 Å². The number of rotatable bonds is 9. The molecule has 6 heteroatoms. The van der Waals surface area contributed by atoms with Crippen LogP contribution in [0.25, 0.3) is 0 Å². The van der Waals surface area contributed by atoms with Crippen LogP contribution in [-0.2, 0) is 25.9 Å². The monoisotopic (exact) mass is 425 g/mol. The molecule has 31 heavy (non-hydrogen) atoms. The fourth-order valence-electron chi connectivity index (χ4n) is 4.16. The van der Waals surface area contributed by atoms with Crippen LogP contribution in [0.15, 0.2) is 33.8 Å². The Kier molecular flexibility index (Phi) is 8.95. The van der Waals surface area contributed by atoms with Gasteiger partial charge in [0.05, 0.1) is 12.2 Å². The molecule has 0 radical (unpaired) electrons. The van der Waals surface area contributed by atoms with Gasteiger partial charge in [-0.25, -0.2) is 4.99 Å². The topological polar surface area (TPSA) is 65.7 Å². The summed E-state index contributed by atoms with van der Waals surface area (Å²) in [5.41, 5.74) is 4.91. The number of benzene rings is 1. The molecule has 0 saturated carbocycles. The Bertz CT molecular complexity index is 797. The molecule has 2 N–H and O–H groups in total. The molecule has 0 aliphatic carbocycles. The molecule has 2 heterocycles. The highest BCUT2D eigenvalue weighted by Gasteiger charge is 2.20. The van der Waals surface area contributed by atoms with E-state index in [0.29, 0.717) is 12.5 Å². The summed E-state index contributed by atoms with van der Waals surface area (Å²) < 4.78 is 5.48. The lowest BCUT2D eigenvalue weighted by molar-refractivity contribution is 0.178. The Balaban J connectivity index is 1.48. The van der Waals surface area contributed by atoms with Gasteiger partial charge in [-0.05, 0) is 57.7 Å². The van der Waals surface area contributed by atoms with E-state index in [1.165, 1.54) is 24.0 Å². The molecule has 0 bridgehead atoms. The third-order valence-electron chi connectivity index (χ3n) is 6.14. The van der Waals surface area contributed by atoms with E-state index < -0.39 is 0 Å². The summed E-state index contributed by atoms with van der Waals surface area (Å²) in [6.07, 6.45) is 4.18. The Morgan fingerprint density at radius 3 is 2.48 bits per heavy atom. The SMILES string of the molecule is CCNC(=NCc1c(CC)noc1CC)NCC1CCN(Cc2ccc(C)cc2)CC1. The minimum absolute atomic E-state index is 0.611. The van der Waals surface area contributed by atoms with E-state index in [9.17, 15) is 0 Å². The molecule has 1 aliphatic rings. The van der Waals surface area contributed by atoms with Gasteiger partial charge in [-0.3, -0.25) is 4.90 Å². The van der Waals surface area contributed by atoms with Gasteiger partial charge in [-0.15, -0.1) is 0 Å². The second-order valence-electron chi connectivity index (χ2n) is 8.52. The van der Waals surface area contributed by atoms with Crippen LogP contribution in [0.3, 0.4) is 0 Å². The van der Waals surface area contributed by atoms with Gasteiger partial charge < -0.3 is 15.2 Å². The summed E-state index contributed by atoms with van der Waals surface area (Å²) in [7, 11) is 0. The molecule has 1 aromatic carbocycles. The third kappa shape index (κ3) is 6.82. The number of hydrogen-bond acceptors (Lipinski definition) is 4. The third-order valence-corrected chi connectivity index (χ3v) is 6.14. The van der Waals surface area contributed by atoms with Gasteiger partial charge in [-0.1, -0.05) is 48.8 Å². The number of nitrogens with zero attached hydrogens (tertiary/aromatic N) is 3. The van der Waals surface area contributed by atoms with Crippen molar-refractivity contribution >= 4 is 5.96 Å². The molecule has 6 nitrogen and oxygen atoms in total. The number of aliphatic imine (C=N–C) groups is 1. The van der Waals surface area contributed by atoms with Gasteiger partial charge in [0.1, 0.15) is 5.76 Å². The number of aryl methyl sites for hydroxylation is 3. The lowest BCUT2D eigenvalue weighted by atomic mass is 9.96. The first kappa shape index (κ1) is 23.3. The van der Waals surface area contributed by atoms with Gasteiger partial charge in [-0.2, -0.15) is 0 Å². The zero-order valence-corrected chi connectivity index (χ0v) is 19.7. The first-order valence-corrected chi connectivity index (χ1v) is 11.9. The first-order valence-electron chi connectivity index (χ1n) is 11.9. The zero-order chi connectivity index (χ0) is 22.1. The van der Waals surface area contributed by atoms with Gasteiger partial charge in [0.25, 0.3) is 0 Å². The van der Waals surface area contributed by atoms with E-state index in [1.54, 1.807) is 0 Å². The fourth-order valence-corrected chi connectivity index (χ4v) is 4.16. The quantitative estimate of drug-likeness (QED) is 0.468. The number of guanidine groups is 1. The normalized spacial score (nSPS) is 15.9. The summed E-state index contributed by atoms with van der Waals surface area (Å²) in [4.78, 5) is 7.39. The average Bonchev–Trinajstić information content (AvgIpc) is 3.20. The van der Waals surface area contributed by atoms with Crippen molar-refractivity contribution in [2.75, 3.05) is 26.2 Å². The van der Waals surface area contributed by atoms with Crippen molar-refractivity contribution in [3.05, 3.63) is 52.4 Å². The summed E-state index contributed by atoms with van der Waals surface area (Å²) in [5, 5.41) is 11.2. The maximum Gasteiger partial charge on any atom is 0.191 e. The van der Waals surface area contributed by atoms with Crippen LogP contribution in [0.5, 0.6) is 0 Å². The van der Waals surface area contributed by atoms with Crippen LogP contribution in [0, 0.1) is 12.8 Å². The van der Waals surface area contributed by atoms with Crippen LogP contribution >= 0.6 is 0 Å². The summed E-state index contributed by atoms with van der Waals surface area (Å²) in [5.74, 6) is 2.53. The van der Waals surface area contributed by atoms with E-state index >= 15 is 0 Å². The molecular formula is C25H39N5O. The lowest BCUT2D eigenvalue weighted by Crippen LogP contribution is -2.42. The molecule has 0 amide bonds. The molecule has 0 spiro atoms. The number of nitrogens with one attached hydrogen (secondary N) is 2. The van der Waals surface area contributed by atoms with Gasteiger partial charge in [0.15, 0.2) is 5.96 Å². The highest BCUT2D eigenvalue weighted by atomic mass is 16.5. The van der Waals surface area contributed by atoms with Crippen molar-refractivity contribution < 1.29 is 4.52 Å². The van der Waals surface area contributed by atoms with Gasteiger partial charge in [0.2, 0.25) is 0 Å². The maximum atomic E-state index is 5.48. The molecule has 170 valence electrons. The smallest absolute Gasteiger partial charge is 0.191 e. The van der Waals surface area contributed by atoms with E-state index in [0.717, 1.165) is 68.5 Å². The molecule has 2 aromatic rings. The Labute approximate surface area is 187 Å². The predicted molar refractivity (Wildman–Crippen MR) is 127 cm³/mol. The van der Waals surface area contributed by atoms with Crippen molar-refractivity contribution in [1.29, 1.82) is 0 Å². The molecule has 1 aliphatic heterocycles. The van der Waals surface area contributed by atoms with Gasteiger partial charge in [0, 0.05) is 31.6 Å². The van der Waals surface area contributed by atoms with Crippen molar-refractivity contribution in [3.63, 3.8) is 0 Å². The number of piperidine rings is 1. The Morgan fingerprint density at radius 1 is 1.10 bits per heavy atom. The van der Waals surface area contributed by atoms with Crippen LogP contribution < -0.4 is 10.6 Å². The highest BCUT2D eigenvalue weighted by molar-refractivity contribution is 5.79. The molecule has 1 fully saturated rings. The van der Waals surface area contributed by atoms with Gasteiger partial charge >= 0.3 is 0 Å². The van der Waals surface area contributed by atoms with Crippen molar-refractivity contribution in [3.8, 4) is 0 Å². The van der Waals surface area contributed by atoms with Crippen LogP contribution in [0.4, 0.5) is 0 Å². The predicted octanol–water partition coefficient (Wildman–Crippen LogP) is 4.08. The zero-order valence-electron chi connectivity index (χ0n) is 19.7. The number of likely N-dealkylation sites (tertiary alicyclic amines) is 1. The van der Waals surface area contributed by atoms with Crippen molar-refractivity contribution in [1.82, 2.24) is 20.7 Å². The number of hydrogen-bond donors (Lipinski definition) is 2. The average molecular weight is 426 g/mol. The van der Waals surface area contributed by atoms with E-state index in [4.69, 9.17) is 9.52 Å². The van der Waals surface area contributed by atoms with Crippen LogP contribution in [-0.4, -0.2) is 42.2 Å². The van der Waals surface area contributed by atoms with E-state index in [2.05, 4.69) is 72.7 Å². The molecule has 0 atom stereocenters. The summed E-state index contributed by atoms with van der Waals surface area (Å²) in [6.45, 7) is 14.3. The molecule has 3 rings (SSSR count).